The molecule has 1 aromatic rings. The summed E-state index contributed by atoms with van der Waals surface area (Å²) in [4.78, 5) is 11.5. The highest BCUT2D eigenvalue weighted by Gasteiger charge is 2.15. The number of benzene rings is 1. The molecule has 0 aliphatic carbocycles. The van der Waals surface area contributed by atoms with Crippen molar-refractivity contribution in [3.8, 4) is 0 Å². The average Bonchev–Trinajstić information content (AvgIpc) is 2.43. The second-order valence-electron chi connectivity index (χ2n) is 6.39. The number of carbonyl (C=O) groups excluding carboxylic acids is 1. The highest BCUT2D eigenvalue weighted by molar-refractivity contribution is 5.67. The molecule has 22 heavy (non-hydrogen) atoms. The summed E-state index contributed by atoms with van der Waals surface area (Å²) in [6, 6.07) is 8.26. The molecule has 3 N–H and O–H groups in total. The molecule has 1 atom stereocenters. The summed E-state index contributed by atoms with van der Waals surface area (Å²) in [5, 5.41) is 2.76. The van der Waals surface area contributed by atoms with Gasteiger partial charge in [-0.25, -0.2) is 4.79 Å². The Balaban J connectivity index is 2.38. The zero-order chi connectivity index (χ0) is 16.6. The van der Waals surface area contributed by atoms with E-state index < -0.39 is 5.60 Å². The van der Waals surface area contributed by atoms with Gasteiger partial charge in [0.25, 0.3) is 0 Å². The highest BCUT2D eigenvalue weighted by atomic mass is 16.6. The Bertz CT molecular complexity index is 475. The summed E-state index contributed by atoms with van der Waals surface area (Å²) in [5.74, 6) is 0. The molecule has 0 radical (unpaired) electrons. The van der Waals surface area contributed by atoms with Crippen LogP contribution in [0.3, 0.4) is 0 Å². The summed E-state index contributed by atoms with van der Waals surface area (Å²) < 4.78 is 5.19. The summed E-state index contributed by atoms with van der Waals surface area (Å²) in [6.07, 6.45) is 4.10. The summed E-state index contributed by atoms with van der Waals surface area (Å²) in [5.41, 5.74) is 7.94. The fraction of sp³-hybridized carbons (Fsp3) is 0.500. The molecule has 0 heterocycles. The number of hydrogen-bond acceptors (Lipinski definition) is 3. The van der Waals surface area contributed by atoms with Crippen LogP contribution in [-0.2, 0) is 11.2 Å². The minimum absolute atomic E-state index is 0.0481. The van der Waals surface area contributed by atoms with E-state index >= 15 is 0 Å². The topological polar surface area (TPSA) is 64.3 Å². The van der Waals surface area contributed by atoms with Gasteiger partial charge in [-0.15, -0.1) is 6.58 Å². The lowest BCUT2D eigenvalue weighted by Gasteiger charge is -2.19. The number of allylic oxidation sites excluding steroid dienone is 1. The SMILES string of the molecule is C=CCC[C@@H](N)c1ccc(CCNC(=O)OC(C)(C)C)cc1. The molecule has 0 spiro atoms. The Morgan fingerprint density at radius 1 is 1.36 bits per heavy atom. The number of carbonyl (C=O) groups is 1. The minimum atomic E-state index is -0.465. The van der Waals surface area contributed by atoms with Gasteiger partial charge in [-0.2, -0.15) is 0 Å². The van der Waals surface area contributed by atoms with E-state index in [2.05, 4.69) is 36.2 Å². The molecule has 1 amide bonds. The standard InChI is InChI=1S/C18H28N2O2/c1-5-6-7-16(19)15-10-8-14(9-11-15)12-13-20-17(21)22-18(2,3)4/h5,8-11,16H,1,6-7,12-13,19H2,2-4H3,(H,20,21)/t16-/m1/s1. The molecule has 0 saturated carbocycles. The Labute approximate surface area is 133 Å². The molecule has 0 aliphatic rings. The van der Waals surface area contributed by atoms with Gasteiger partial charge in [0.2, 0.25) is 0 Å². The monoisotopic (exact) mass is 304 g/mol. The van der Waals surface area contributed by atoms with Crippen LogP contribution < -0.4 is 11.1 Å². The number of rotatable bonds is 7. The van der Waals surface area contributed by atoms with Crippen LogP contribution in [-0.4, -0.2) is 18.2 Å². The molecular formula is C18H28N2O2. The molecule has 4 nitrogen and oxygen atoms in total. The second kappa shape index (κ2) is 8.59. The van der Waals surface area contributed by atoms with E-state index in [4.69, 9.17) is 10.5 Å². The first-order valence-corrected chi connectivity index (χ1v) is 7.74. The van der Waals surface area contributed by atoms with Crippen molar-refractivity contribution in [3.05, 3.63) is 48.0 Å². The van der Waals surface area contributed by atoms with Crippen molar-refractivity contribution in [1.29, 1.82) is 0 Å². The zero-order valence-corrected chi connectivity index (χ0v) is 13.9. The van der Waals surface area contributed by atoms with Crippen LogP contribution >= 0.6 is 0 Å². The predicted molar refractivity (Wildman–Crippen MR) is 90.7 cm³/mol. The van der Waals surface area contributed by atoms with Crippen molar-refractivity contribution in [2.45, 2.75) is 51.7 Å². The van der Waals surface area contributed by atoms with Gasteiger partial charge < -0.3 is 15.8 Å². The molecule has 1 rings (SSSR count). The summed E-state index contributed by atoms with van der Waals surface area (Å²) >= 11 is 0. The number of alkyl carbamates (subject to hydrolysis) is 1. The lowest BCUT2D eigenvalue weighted by atomic mass is 10.0. The Kier molecular flexibility index (Phi) is 7.12. The van der Waals surface area contributed by atoms with Crippen molar-refractivity contribution in [3.63, 3.8) is 0 Å². The largest absolute Gasteiger partial charge is 0.444 e. The molecule has 0 aromatic heterocycles. The average molecular weight is 304 g/mol. The lowest BCUT2D eigenvalue weighted by molar-refractivity contribution is 0.0528. The third kappa shape index (κ3) is 7.27. The van der Waals surface area contributed by atoms with Gasteiger partial charge in [0.05, 0.1) is 0 Å². The van der Waals surface area contributed by atoms with Crippen LogP contribution in [0.1, 0.15) is 50.8 Å². The molecule has 0 aliphatic heterocycles. The van der Waals surface area contributed by atoms with E-state index in [9.17, 15) is 4.79 Å². The van der Waals surface area contributed by atoms with Crippen molar-refractivity contribution >= 4 is 6.09 Å². The van der Waals surface area contributed by atoms with E-state index in [0.717, 1.165) is 30.4 Å². The van der Waals surface area contributed by atoms with Gasteiger partial charge in [-0.3, -0.25) is 0 Å². The van der Waals surface area contributed by atoms with Crippen LogP contribution in [0.4, 0.5) is 4.79 Å². The van der Waals surface area contributed by atoms with Crippen molar-refractivity contribution in [2.24, 2.45) is 5.73 Å². The molecular weight excluding hydrogens is 276 g/mol. The maximum atomic E-state index is 11.5. The highest BCUT2D eigenvalue weighted by Crippen LogP contribution is 2.16. The summed E-state index contributed by atoms with van der Waals surface area (Å²) in [7, 11) is 0. The van der Waals surface area contributed by atoms with Crippen LogP contribution in [0.15, 0.2) is 36.9 Å². The van der Waals surface area contributed by atoms with E-state index in [1.807, 2.05) is 26.8 Å². The third-order valence-electron chi connectivity index (χ3n) is 3.17. The maximum Gasteiger partial charge on any atom is 0.407 e. The third-order valence-corrected chi connectivity index (χ3v) is 3.17. The van der Waals surface area contributed by atoms with Gasteiger partial charge in [-0.05, 0) is 51.2 Å². The fourth-order valence-corrected chi connectivity index (χ4v) is 2.02. The number of hydrogen-bond donors (Lipinski definition) is 2. The van der Waals surface area contributed by atoms with Crippen LogP contribution in [0.25, 0.3) is 0 Å². The summed E-state index contributed by atoms with van der Waals surface area (Å²) in [6.45, 7) is 9.81. The fourth-order valence-electron chi connectivity index (χ4n) is 2.02. The first-order chi connectivity index (χ1) is 10.3. The van der Waals surface area contributed by atoms with Crippen molar-refractivity contribution < 1.29 is 9.53 Å². The van der Waals surface area contributed by atoms with Gasteiger partial charge in [-0.1, -0.05) is 30.3 Å². The first-order valence-electron chi connectivity index (χ1n) is 7.74. The van der Waals surface area contributed by atoms with Crippen LogP contribution in [0, 0.1) is 0 Å². The predicted octanol–water partition coefficient (Wildman–Crippen LogP) is 3.72. The van der Waals surface area contributed by atoms with E-state index in [-0.39, 0.29) is 12.1 Å². The first kappa shape index (κ1) is 18.2. The zero-order valence-electron chi connectivity index (χ0n) is 13.9. The van der Waals surface area contributed by atoms with Gasteiger partial charge in [0.15, 0.2) is 0 Å². The van der Waals surface area contributed by atoms with Crippen molar-refractivity contribution in [1.82, 2.24) is 5.32 Å². The van der Waals surface area contributed by atoms with Gasteiger partial charge >= 0.3 is 6.09 Å². The van der Waals surface area contributed by atoms with Crippen LogP contribution in [0.2, 0.25) is 0 Å². The normalized spacial score (nSPS) is 12.5. The smallest absolute Gasteiger partial charge is 0.407 e. The quantitative estimate of drug-likeness (QED) is 0.755. The van der Waals surface area contributed by atoms with Gasteiger partial charge in [0.1, 0.15) is 5.60 Å². The number of amides is 1. The molecule has 0 bridgehead atoms. The molecule has 4 heteroatoms. The van der Waals surface area contributed by atoms with E-state index in [0.29, 0.717) is 6.54 Å². The van der Waals surface area contributed by atoms with E-state index in [1.165, 1.54) is 0 Å². The molecule has 1 aromatic carbocycles. The second-order valence-corrected chi connectivity index (χ2v) is 6.39. The van der Waals surface area contributed by atoms with E-state index in [1.54, 1.807) is 0 Å². The maximum absolute atomic E-state index is 11.5. The Hall–Kier alpha value is -1.81. The van der Waals surface area contributed by atoms with Crippen LogP contribution in [0.5, 0.6) is 0 Å². The molecule has 0 saturated heterocycles. The number of ether oxygens (including phenoxy) is 1. The minimum Gasteiger partial charge on any atom is -0.444 e. The molecule has 0 unspecified atom stereocenters. The Morgan fingerprint density at radius 3 is 2.55 bits per heavy atom. The van der Waals surface area contributed by atoms with Gasteiger partial charge in [0, 0.05) is 12.6 Å². The molecule has 0 fully saturated rings. The lowest BCUT2D eigenvalue weighted by Crippen LogP contribution is -2.33. The van der Waals surface area contributed by atoms with Crippen molar-refractivity contribution in [2.75, 3.05) is 6.54 Å². The number of nitrogens with two attached hydrogens (primary N) is 1. The number of nitrogens with one attached hydrogen (secondary N) is 1. The molecule has 122 valence electrons. The Morgan fingerprint density at radius 2 is 2.00 bits per heavy atom.